The molecule has 16 heavy (non-hydrogen) atoms. The highest BCUT2D eigenvalue weighted by Gasteiger charge is 2.17. The Kier molecular flexibility index (Phi) is 2.81. The molecule has 4 nitrogen and oxygen atoms in total. The summed E-state index contributed by atoms with van der Waals surface area (Å²) >= 11 is 0. The predicted octanol–water partition coefficient (Wildman–Crippen LogP) is 1.03. The monoisotopic (exact) mass is 219 g/mol. The van der Waals surface area contributed by atoms with Crippen LogP contribution >= 0.6 is 0 Å². The molecule has 0 saturated heterocycles. The van der Waals surface area contributed by atoms with Crippen molar-refractivity contribution in [3.05, 3.63) is 33.2 Å². The lowest BCUT2D eigenvalue weighted by molar-refractivity contribution is 0.590. The van der Waals surface area contributed by atoms with Crippen LogP contribution in [0.15, 0.2) is 10.9 Å². The van der Waals surface area contributed by atoms with Crippen LogP contribution in [0.1, 0.15) is 36.6 Å². The van der Waals surface area contributed by atoms with E-state index in [2.05, 4.69) is 0 Å². The Morgan fingerprint density at radius 1 is 1.50 bits per heavy atom. The van der Waals surface area contributed by atoms with Crippen molar-refractivity contribution in [3.8, 4) is 0 Å². The van der Waals surface area contributed by atoms with Gasteiger partial charge in [-0.05, 0) is 44.2 Å². The van der Waals surface area contributed by atoms with E-state index in [1.807, 2.05) is 13.0 Å². The van der Waals surface area contributed by atoms with Crippen LogP contribution in [0.4, 0.5) is 0 Å². The van der Waals surface area contributed by atoms with Crippen LogP contribution in [-0.2, 0) is 19.4 Å². The summed E-state index contributed by atoms with van der Waals surface area (Å²) < 4.78 is 1.77. The third-order valence-corrected chi connectivity index (χ3v) is 3.21. The molecule has 86 valence electrons. The minimum atomic E-state index is -0.124. The zero-order chi connectivity index (χ0) is 11.7. The van der Waals surface area contributed by atoms with Gasteiger partial charge in [-0.3, -0.25) is 10.2 Å². The van der Waals surface area contributed by atoms with Crippen LogP contribution < -0.4 is 11.3 Å². The maximum absolute atomic E-state index is 12.1. The number of nitrogens with one attached hydrogen (secondary N) is 1. The van der Waals surface area contributed by atoms with E-state index < -0.39 is 0 Å². The fourth-order valence-electron chi connectivity index (χ4n) is 2.41. The number of rotatable bonds is 2. The summed E-state index contributed by atoms with van der Waals surface area (Å²) in [5.41, 5.74) is 8.01. The number of aromatic nitrogens is 1. The standard InChI is InChI=1S/C12H17N3O/c1-2-15-10-6-4-3-5-8(10)7-9(11(13)14)12(15)16/h7H,2-6H2,1H3,(H3,13,14). The second kappa shape index (κ2) is 4.12. The normalized spacial score (nSPS) is 14.6. The first-order valence-corrected chi connectivity index (χ1v) is 5.75. The molecule has 1 aliphatic rings. The van der Waals surface area contributed by atoms with Gasteiger partial charge in [0.25, 0.3) is 5.56 Å². The van der Waals surface area contributed by atoms with Gasteiger partial charge in [-0.15, -0.1) is 0 Å². The van der Waals surface area contributed by atoms with Crippen molar-refractivity contribution in [2.24, 2.45) is 5.73 Å². The summed E-state index contributed by atoms with van der Waals surface area (Å²) in [6.45, 7) is 2.61. The molecule has 1 aliphatic carbocycles. The number of aryl methyl sites for hydroxylation is 1. The quantitative estimate of drug-likeness (QED) is 0.576. The molecule has 0 aliphatic heterocycles. The molecule has 2 rings (SSSR count). The number of nitrogen functional groups attached to an aromatic ring is 1. The van der Waals surface area contributed by atoms with Gasteiger partial charge in [0.1, 0.15) is 5.84 Å². The summed E-state index contributed by atoms with van der Waals surface area (Å²) in [6.07, 6.45) is 4.27. The largest absolute Gasteiger partial charge is 0.384 e. The fourth-order valence-corrected chi connectivity index (χ4v) is 2.41. The van der Waals surface area contributed by atoms with Gasteiger partial charge in [0.2, 0.25) is 0 Å². The zero-order valence-electron chi connectivity index (χ0n) is 9.55. The van der Waals surface area contributed by atoms with Crippen LogP contribution in [0.5, 0.6) is 0 Å². The second-order valence-electron chi connectivity index (χ2n) is 4.20. The molecule has 0 atom stereocenters. The molecule has 0 fully saturated rings. The predicted molar refractivity (Wildman–Crippen MR) is 64.0 cm³/mol. The molecule has 0 amide bonds. The molecule has 0 spiro atoms. The minimum absolute atomic E-state index is 0.115. The van der Waals surface area contributed by atoms with Crippen molar-refractivity contribution in [2.75, 3.05) is 0 Å². The van der Waals surface area contributed by atoms with E-state index in [0.29, 0.717) is 12.1 Å². The van der Waals surface area contributed by atoms with Gasteiger partial charge >= 0.3 is 0 Å². The lowest BCUT2D eigenvalue weighted by atomic mass is 9.94. The molecule has 0 radical (unpaired) electrons. The summed E-state index contributed by atoms with van der Waals surface area (Å²) in [5, 5.41) is 7.43. The van der Waals surface area contributed by atoms with Crippen molar-refractivity contribution in [2.45, 2.75) is 39.2 Å². The smallest absolute Gasteiger partial charge is 0.261 e. The number of hydrogen-bond acceptors (Lipinski definition) is 2. The molecule has 1 aromatic heterocycles. The first kappa shape index (κ1) is 10.9. The van der Waals surface area contributed by atoms with Gasteiger partial charge in [-0.1, -0.05) is 0 Å². The molecule has 3 N–H and O–H groups in total. The molecule has 0 bridgehead atoms. The Labute approximate surface area is 94.6 Å². The molecule has 0 saturated carbocycles. The number of nitrogens with two attached hydrogens (primary N) is 1. The first-order valence-electron chi connectivity index (χ1n) is 5.75. The van der Waals surface area contributed by atoms with Crippen molar-refractivity contribution in [3.63, 3.8) is 0 Å². The number of hydrogen-bond donors (Lipinski definition) is 2. The van der Waals surface area contributed by atoms with Gasteiger partial charge in [0, 0.05) is 12.2 Å². The molecule has 0 unspecified atom stereocenters. The average molecular weight is 219 g/mol. The van der Waals surface area contributed by atoms with E-state index in [0.717, 1.165) is 31.4 Å². The third-order valence-electron chi connectivity index (χ3n) is 3.21. The van der Waals surface area contributed by atoms with Crippen LogP contribution in [0, 0.1) is 5.41 Å². The Balaban J connectivity index is 2.69. The van der Waals surface area contributed by atoms with Crippen LogP contribution in [-0.4, -0.2) is 10.4 Å². The highest BCUT2D eigenvalue weighted by Crippen LogP contribution is 2.20. The van der Waals surface area contributed by atoms with Crippen molar-refractivity contribution in [1.82, 2.24) is 4.57 Å². The van der Waals surface area contributed by atoms with E-state index in [9.17, 15) is 4.79 Å². The Morgan fingerprint density at radius 3 is 2.81 bits per heavy atom. The first-order chi connectivity index (χ1) is 7.65. The second-order valence-corrected chi connectivity index (χ2v) is 4.20. The van der Waals surface area contributed by atoms with Gasteiger partial charge < -0.3 is 10.3 Å². The Morgan fingerprint density at radius 2 is 2.19 bits per heavy atom. The van der Waals surface area contributed by atoms with Crippen molar-refractivity contribution in [1.29, 1.82) is 5.41 Å². The van der Waals surface area contributed by atoms with E-state index in [1.165, 1.54) is 5.56 Å². The maximum atomic E-state index is 12.1. The molecule has 1 aromatic rings. The van der Waals surface area contributed by atoms with E-state index >= 15 is 0 Å². The highest BCUT2D eigenvalue weighted by molar-refractivity contribution is 5.94. The van der Waals surface area contributed by atoms with E-state index in [4.69, 9.17) is 11.1 Å². The number of pyridine rings is 1. The molecular weight excluding hydrogens is 202 g/mol. The number of amidine groups is 1. The van der Waals surface area contributed by atoms with Crippen molar-refractivity contribution < 1.29 is 0 Å². The Hall–Kier alpha value is -1.58. The lowest BCUT2D eigenvalue weighted by Crippen LogP contribution is -2.33. The Bertz CT molecular complexity index is 488. The summed E-state index contributed by atoms with van der Waals surface area (Å²) in [5.74, 6) is -0.124. The molecule has 1 heterocycles. The zero-order valence-corrected chi connectivity index (χ0v) is 9.55. The van der Waals surface area contributed by atoms with Gasteiger partial charge in [-0.25, -0.2) is 0 Å². The summed E-state index contributed by atoms with van der Waals surface area (Å²) in [6, 6.07) is 1.81. The van der Waals surface area contributed by atoms with Crippen molar-refractivity contribution >= 4 is 5.84 Å². The van der Waals surface area contributed by atoms with E-state index in [-0.39, 0.29) is 11.4 Å². The van der Waals surface area contributed by atoms with Crippen LogP contribution in [0.3, 0.4) is 0 Å². The summed E-state index contributed by atoms with van der Waals surface area (Å²) in [7, 11) is 0. The average Bonchev–Trinajstić information content (AvgIpc) is 2.28. The topological polar surface area (TPSA) is 71.9 Å². The van der Waals surface area contributed by atoms with Crippen LogP contribution in [0.25, 0.3) is 0 Å². The lowest BCUT2D eigenvalue weighted by Gasteiger charge is -2.21. The SMILES string of the molecule is CCn1c2c(cc(C(=N)N)c1=O)CCCC2. The van der Waals surface area contributed by atoms with Gasteiger partial charge in [0.15, 0.2) is 0 Å². The van der Waals surface area contributed by atoms with Crippen LogP contribution in [0.2, 0.25) is 0 Å². The van der Waals surface area contributed by atoms with E-state index in [1.54, 1.807) is 4.57 Å². The number of nitrogens with zero attached hydrogens (tertiary/aromatic N) is 1. The number of fused-ring (bicyclic) bond motifs is 1. The van der Waals surface area contributed by atoms with Gasteiger partial charge in [0.05, 0.1) is 5.56 Å². The van der Waals surface area contributed by atoms with Gasteiger partial charge in [-0.2, -0.15) is 0 Å². The fraction of sp³-hybridized carbons (Fsp3) is 0.500. The minimum Gasteiger partial charge on any atom is -0.384 e. The molecular formula is C12H17N3O. The maximum Gasteiger partial charge on any atom is 0.261 e. The summed E-state index contributed by atoms with van der Waals surface area (Å²) in [4.78, 5) is 12.1. The molecule has 0 aromatic carbocycles. The highest BCUT2D eigenvalue weighted by atomic mass is 16.1. The third kappa shape index (κ3) is 1.64. The molecule has 4 heteroatoms.